The number of fused-ring (bicyclic) bond motifs is 2. The Bertz CT molecular complexity index is 2490. The minimum absolute atomic E-state index is 0.0233. The number of benzene rings is 2. The highest BCUT2D eigenvalue weighted by Gasteiger charge is 2.56. The quantitative estimate of drug-likeness (QED) is 0.0675. The second-order valence-electron chi connectivity index (χ2n) is 27.8. The van der Waals surface area contributed by atoms with Gasteiger partial charge in [0.15, 0.2) is 5.78 Å². The van der Waals surface area contributed by atoms with Gasteiger partial charge in [-0.2, -0.15) is 0 Å². The average Bonchev–Trinajstić information content (AvgIpc) is 1.78. The predicted molar refractivity (Wildman–Crippen MR) is 345 cm³/mol. The summed E-state index contributed by atoms with van der Waals surface area (Å²) in [6.45, 7) is 23.6. The van der Waals surface area contributed by atoms with E-state index in [1.54, 1.807) is 88.7 Å². The number of Topliss-reactive ketones (excluding diaryl/α,β-unsaturated/α-hetero) is 1. The molecule has 4 saturated heterocycles. The van der Waals surface area contributed by atoms with Crippen LogP contribution in [0.15, 0.2) is 60.7 Å². The van der Waals surface area contributed by atoms with E-state index in [2.05, 4.69) is 29.8 Å². The Hall–Kier alpha value is -5.38. The van der Waals surface area contributed by atoms with Gasteiger partial charge in [-0.25, -0.2) is 9.59 Å². The van der Waals surface area contributed by atoms with E-state index in [0.29, 0.717) is 57.0 Å². The summed E-state index contributed by atoms with van der Waals surface area (Å²) in [5, 5.41) is 8.64. The van der Waals surface area contributed by atoms with E-state index in [1.165, 1.54) is 23.9 Å². The highest BCUT2D eigenvalue weighted by Crippen LogP contribution is 2.48. The van der Waals surface area contributed by atoms with Gasteiger partial charge in [-0.1, -0.05) is 127 Å². The summed E-state index contributed by atoms with van der Waals surface area (Å²) in [5.41, 5.74) is -0.624. The first kappa shape index (κ1) is 71.7. The summed E-state index contributed by atoms with van der Waals surface area (Å²) < 4.78 is 23.5. The molecule has 88 heavy (non-hydrogen) atoms. The molecule has 2 aromatic rings. The second-order valence-corrected chi connectivity index (χ2v) is 30.4. The molecule has 4 heterocycles. The molecule has 19 nitrogen and oxygen atoms in total. The zero-order valence-electron chi connectivity index (χ0n) is 55.0. The van der Waals surface area contributed by atoms with Gasteiger partial charge < -0.3 is 44.7 Å². The molecule has 490 valence electrons. The number of likely N-dealkylation sites (N-methyl/N-ethyl adjacent to an activating group) is 2. The van der Waals surface area contributed by atoms with E-state index in [-0.39, 0.29) is 53.2 Å². The van der Waals surface area contributed by atoms with Gasteiger partial charge in [0.05, 0.1) is 36.0 Å². The molecule has 0 unspecified atom stereocenters. The molecule has 4 aliphatic heterocycles. The number of carbonyl (C=O) groups is 8. The Balaban J connectivity index is 0.917. The summed E-state index contributed by atoms with van der Waals surface area (Å²) in [6.07, 6.45) is 9.19. The van der Waals surface area contributed by atoms with Crippen molar-refractivity contribution in [3.8, 4) is 0 Å². The molecule has 0 aromatic heterocycles. The fourth-order valence-corrected chi connectivity index (χ4v) is 15.3. The Morgan fingerprint density at radius 3 is 1.43 bits per heavy atom. The van der Waals surface area contributed by atoms with E-state index in [0.717, 1.165) is 62.5 Å². The van der Waals surface area contributed by atoms with Gasteiger partial charge >= 0.3 is 12.2 Å². The van der Waals surface area contributed by atoms with E-state index in [4.69, 9.17) is 18.9 Å². The Kier molecular flexibility index (Phi) is 26.1. The van der Waals surface area contributed by atoms with Crippen molar-refractivity contribution in [3.63, 3.8) is 0 Å². The minimum Gasteiger partial charge on any atom is -0.444 e. The first-order valence-electron chi connectivity index (χ1n) is 31.9. The van der Waals surface area contributed by atoms with E-state index in [9.17, 15) is 38.4 Å². The summed E-state index contributed by atoms with van der Waals surface area (Å²) in [4.78, 5) is 117. The standard InChI is InChI=1S/C67H103N7O12S2/c1-44(71(13)62(81)85-64(3,4)5)57(76)68-49-33-37-87-53-40-66(9,10)55(73(53)60(49)79)52(75)39-48(46-29-23-21-24-30-46)42-83-35-27-19-17-15-16-18-20-28-36-84-43-51(47-31-25-22-26-32-47)70-59(78)56-67(11,12)41-54-74(56)61(80)50(34-38-88-54)69-58(77)45(2)72(14)63(82)86-65(6,7)8/h21-26,29-32,44-45,48-51,53-56H,15-20,27-28,33-43H2,1-14H3,(H,68,76)(H,69,77)(H,70,78)/t44-,45-,48+,49-,50-,51+,53-,54-,55+,56+/m0/s1. The first-order valence-corrected chi connectivity index (χ1v) is 34.0. The van der Waals surface area contributed by atoms with Gasteiger partial charge in [0.2, 0.25) is 29.5 Å². The Morgan fingerprint density at radius 1 is 0.591 bits per heavy atom. The van der Waals surface area contributed by atoms with Gasteiger partial charge in [-0.3, -0.25) is 38.6 Å². The van der Waals surface area contributed by atoms with Crippen LogP contribution in [0.3, 0.4) is 0 Å². The molecule has 4 aliphatic rings. The predicted octanol–water partition coefficient (Wildman–Crippen LogP) is 10.4. The van der Waals surface area contributed by atoms with Crippen LogP contribution in [0.2, 0.25) is 0 Å². The van der Waals surface area contributed by atoms with Gasteiger partial charge in [0.25, 0.3) is 0 Å². The molecule has 3 N–H and O–H groups in total. The number of unbranched alkanes of at least 4 members (excludes halogenated alkanes) is 7. The van der Waals surface area contributed by atoms with Crippen LogP contribution in [0, 0.1) is 10.8 Å². The van der Waals surface area contributed by atoms with Crippen molar-refractivity contribution >= 4 is 71.0 Å². The Morgan fingerprint density at radius 2 is 0.989 bits per heavy atom. The van der Waals surface area contributed by atoms with Crippen LogP contribution in [-0.4, -0.2) is 177 Å². The molecule has 7 amide bonds. The summed E-state index contributed by atoms with van der Waals surface area (Å²) >= 11 is 3.27. The summed E-state index contributed by atoms with van der Waals surface area (Å²) in [7, 11) is 2.99. The number of ether oxygens (including phenoxy) is 4. The van der Waals surface area contributed by atoms with Crippen molar-refractivity contribution in [1.29, 1.82) is 0 Å². The molecule has 0 aliphatic carbocycles. The van der Waals surface area contributed by atoms with Crippen LogP contribution in [0.4, 0.5) is 9.59 Å². The maximum atomic E-state index is 14.7. The van der Waals surface area contributed by atoms with Crippen molar-refractivity contribution in [3.05, 3.63) is 71.8 Å². The van der Waals surface area contributed by atoms with Crippen LogP contribution in [0.5, 0.6) is 0 Å². The number of rotatable bonds is 28. The highest BCUT2D eigenvalue weighted by molar-refractivity contribution is 8.00. The molecule has 2 aromatic carbocycles. The smallest absolute Gasteiger partial charge is 0.410 e. The molecule has 4 fully saturated rings. The largest absolute Gasteiger partial charge is 0.444 e. The van der Waals surface area contributed by atoms with Crippen LogP contribution < -0.4 is 16.0 Å². The number of amides is 7. The molecule has 0 spiro atoms. The lowest BCUT2D eigenvalue weighted by molar-refractivity contribution is -0.144. The zero-order valence-corrected chi connectivity index (χ0v) is 56.6. The third-order valence-corrected chi connectivity index (χ3v) is 19.7. The highest BCUT2D eigenvalue weighted by atomic mass is 32.2. The Labute approximate surface area is 532 Å². The number of nitrogens with one attached hydrogen (secondary N) is 3. The van der Waals surface area contributed by atoms with Crippen molar-refractivity contribution in [2.24, 2.45) is 10.8 Å². The lowest BCUT2D eigenvalue weighted by atomic mass is 9.79. The first-order chi connectivity index (χ1) is 41.4. The van der Waals surface area contributed by atoms with Crippen LogP contribution in [0.1, 0.15) is 190 Å². The molecular formula is C67H103N7O12S2. The molecule has 21 heteroatoms. The van der Waals surface area contributed by atoms with Gasteiger partial charge in [-0.15, -0.1) is 23.5 Å². The average molecular weight is 1260 g/mol. The van der Waals surface area contributed by atoms with Crippen molar-refractivity contribution in [1.82, 2.24) is 35.6 Å². The topological polar surface area (TPSA) is 223 Å². The van der Waals surface area contributed by atoms with Crippen molar-refractivity contribution in [2.45, 2.75) is 237 Å². The van der Waals surface area contributed by atoms with E-state index < -0.39 is 88.3 Å². The number of nitrogens with zero attached hydrogens (tertiary/aromatic N) is 4. The molecule has 0 bridgehead atoms. The molecule has 10 atom stereocenters. The lowest BCUT2D eigenvalue weighted by Gasteiger charge is -2.35. The number of hydrogen-bond donors (Lipinski definition) is 3. The normalized spacial score (nSPS) is 23.0. The molecule has 0 radical (unpaired) electrons. The van der Waals surface area contributed by atoms with E-state index in [1.807, 2.05) is 74.5 Å². The number of thioether (sulfide) groups is 2. The monoisotopic (exact) mass is 1260 g/mol. The molecular weight excluding hydrogens is 1160 g/mol. The van der Waals surface area contributed by atoms with Crippen LogP contribution >= 0.6 is 23.5 Å². The van der Waals surface area contributed by atoms with Crippen molar-refractivity contribution in [2.75, 3.05) is 52.0 Å². The third-order valence-electron chi connectivity index (χ3n) is 17.2. The molecule has 0 saturated carbocycles. The molecule has 6 rings (SSSR count). The van der Waals surface area contributed by atoms with E-state index >= 15 is 0 Å². The fraction of sp³-hybridized carbons (Fsp3) is 0.701. The number of ketones is 1. The van der Waals surface area contributed by atoms with Crippen LogP contribution in [-0.2, 0) is 47.7 Å². The fourth-order valence-electron chi connectivity index (χ4n) is 12.1. The minimum atomic E-state index is -0.901. The van der Waals surface area contributed by atoms with Crippen LogP contribution in [0.25, 0.3) is 0 Å². The number of carbonyl (C=O) groups excluding carboxylic acids is 8. The third kappa shape index (κ3) is 20.1. The van der Waals surface area contributed by atoms with Gasteiger partial charge in [0, 0.05) is 39.6 Å². The van der Waals surface area contributed by atoms with Gasteiger partial charge in [0.1, 0.15) is 41.4 Å². The second kappa shape index (κ2) is 32.1. The zero-order chi connectivity index (χ0) is 64.7. The summed E-state index contributed by atoms with van der Waals surface area (Å²) in [5.74, 6) is -0.783. The summed E-state index contributed by atoms with van der Waals surface area (Å²) in [6, 6.07) is 14.3. The maximum Gasteiger partial charge on any atom is 0.410 e. The SMILES string of the molecule is C[C@@H](C(=O)N[C@H]1CCS[C@H]2CC(C)(C)[C@@H](C(=O)C[C@H](COCCCCCCCCCCOC[C@@H](NC(=O)[C@H]3N4C(=O)[C@@H](NC(=O)[C@H](C)N(C)C(=O)OC(C)(C)C)CCS[C@H]4CC3(C)C)c3ccccc3)c3ccccc3)N2C1=O)N(C)C(=O)OC(C)(C)C. The van der Waals surface area contributed by atoms with Crippen molar-refractivity contribution < 1.29 is 57.3 Å². The lowest BCUT2D eigenvalue weighted by Crippen LogP contribution is -2.58. The van der Waals surface area contributed by atoms with Gasteiger partial charge in [-0.05, 0) is 127 Å². The number of hydrogen-bond acceptors (Lipinski definition) is 14. The maximum absolute atomic E-state index is 14.7.